The van der Waals surface area contributed by atoms with Crippen LogP contribution in [-0.2, 0) is 16.0 Å². The van der Waals surface area contributed by atoms with Crippen molar-refractivity contribution in [3.63, 3.8) is 0 Å². The third-order valence-electron chi connectivity index (χ3n) is 3.64. The Bertz CT molecular complexity index is 771. The van der Waals surface area contributed by atoms with E-state index in [0.29, 0.717) is 30.1 Å². The molecule has 25 heavy (non-hydrogen) atoms. The minimum absolute atomic E-state index is 0.00766. The van der Waals surface area contributed by atoms with Crippen LogP contribution in [0.2, 0.25) is 0 Å². The lowest BCUT2D eigenvalue weighted by Gasteiger charge is -2.25. The number of hydrogen-bond acceptors (Lipinski definition) is 5. The van der Waals surface area contributed by atoms with Gasteiger partial charge in [0.2, 0.25) is 0 Å². The van der Waals surface area contributed by atoms with Crippen LogP contribution in [0.25, 0.3) is 6.08 Å². The first kappa shape index (κ1) is 18.7. The molecular formula is C18H20N2O4S. The van der Waals surface area contributed by atoms with E-state index >= 15 is 0 Å². The van der Waals surface area contributed by atoms with Gasteiger partial charge in [0.25, 0.3) is 11.8 Å². The Kier molecular flexibility index (Phi) is 5.93. The largest absolute Gasteiger partial charge is 0.493 e. The number of methoxy groups -OCH3 is 1. The molecule has 0 aromatic heterocycles. The summed E-state index contributed by atoms with van der Waals surface area (Å²) in [5.41, 5.74) is 1.51. The van der Waals surface area contributed by atoms with Gasteiger partial charge in [-0.15, -0.1) is 6.58 Å². The highest BCUT2D eigenvalue weighted by atomic mass is 32.1. The maximum Gasteiger partial charge on any atom is 0.265 e. The number of hydrogen-bond donors (Lipinski definition) is 1. The molecule has 1 aromatic rings. The van der Waals surface area contributed by atoms with Gasteiger partial charge in [0.05, 0.1) is 13.7 Å². The zero-order chi connectivity index (χ0) is 18.6. The number of likely N-dealkylation sites (N-methyl/N-ethyl adjacent to an activating group) is 1. The molecule has 1 saturated heterocycles. The average molecular weight is 360 g/mol. The van der Waals surface area contributed by atoms with Gasteiger partial charge in [-0.2, -0.15) is 0 Å². The van der Waals surface area contributed by atoms with Crippen molar-refractivity contribution < 1.29 is 19.1 Å². The van der Waals surface area contributed by atoms with Crippen LogP contribution < -0.4 is 14.8 Å². The van der Waals surface area contributed by atoms with E-state index in [1.54, 1.807) is 19.3 Å². The molecule has 1 aliphatic heterocycles. The molecule has 2 rings (SSSR count). The van der Waals surface area contributed by atoms with Crippen molar-refractivity contribution in [2.75, 3.05) is 20.8 Å². The zero-order valence-electron chi connectivity index (χ0n) is 14.4. The lowest BCUT2D eigenvalue weighted by Crippen LogP contribution is -2.52. The topological polar surface area (TPSA) is 67.9 Å². The Labute approximate surface area is 152 Å². The van der Waals surface area contributed by atoms with Gasteiger partial charge in [-0.25, -0.2) is 0 Å². The third-order valence-corrected chi connectivity index (χ3v) is 4.01. The summed E-state index contributed by atoms with van der Waals surface area (Å²) < 4.78 is 11.1. The first-order chi connectivity index (χ1) is 11.9. The highest BCUT2D eigenvalue weighted by Gasteiger charge is 2.30. The molecule has 132 valence electrons. The predicted molar refractivity (Wildman–Crippen MR) is 99.6 cm³/mol. The molecule has 0 bridgehead atoms. The molecule has 1 aliphatic rings. The summed E-state index contributed by atoms with van der Waals surface area (Å²) in [5, 5.41) is 2.58. The molecule has 0 saturated carbocycles. The second-order valence-electron chi connectivity index (χ2n) is 5.32. The monoisotopic (exact) mass is 360 g/mol. The van der Waals surface area contributed by atoms with Gasteiger partial charge in [-0.3, -0.25) is 19.8 Å². The maximum absolute atomic E-state index is 12.3. The van der Waals surface area contributed by atoms with Crippen molar-refractivity contribution >= 4 is 35.2 Å². The Morgan fingerprint density at radius 1 is 1.36 bits per heavy atom. The molecule has 0 radical (unpaired) electrons. The summed E-state index contributed by atoms with van der Waals surface area (Å²) in [7, 11) is 3.08. The van der Waals surface area contributed by atoms with Crippen molar-refractivity contribution in [2.24, 2.45) is 0 Å². The van der Waals surface area contributed by atoms with E-state index in [0.717, 1.165) is 5.56 Å². The van der Waals surface area contributed by atoms with Crippen LogP contribution in [0.4, 0.5) is 0 Å². The minimum atomic E-state index is -0.521. The van der Waals surface area contributed by atoms with Crippen LogP contribution in [0.15, 0.2) is 30.4 Å². The van der Waals surface area contributed by atoms with E-state index in [1.165, 1.54) is 18.0 Å². The molecule has 0 unspecified atom stereocenters. The van der Waals surface area contributed by atoms with E-state index in [-0.39, 0.29) is 10.7 Å². The Balaban J connectivity index is 2.54. The summed E-state index contributed by atoms with van der Waals surface area (Å²) in [4.78, 5) is 25.7. The van der Waals surface area contributed by atoms with Gasteiger partial charge in [0.15, 0.2) is 16.6 Å². The highest BCUT2D eigenvalue weighted by molar-refractivity contribution is 7.80. The van der Waals surface area contributed by atoms with Crippen molar-refractivity contribution in [3.05, 3.63) is 41.5 Å². The molecule has 0 aliphatic carbocycles. The molecule has 1 aromatic carbocycles. The number of amides is 2. The second-order valence-corrected chi connectivity index (χ2v) is 5.71. The highest BCUT2D eigenvalue weighted by Crippen LogP contribution is 2.34. The van der Waals surface area contributed by atoms with Crippen LogP contribution in [-0.4, -0.2) is 42.6 Å². The first-order valence-corrected chi connectivity index (χ1v) is 8.13. The summed E-state index contributed by atoms with van der Waals surface area (Å²) in [6, 6.07) is 3.57. The molecule has 1 fully saturated rings. The fraction of sp³-hybridized carbons (Fsp3) is 0.278. The number of nitrogens with one attached hydrogen (secondary N) is 1. The predicted octanol–water partition coefficient (Wildman–Crippen LogP) is 2.08. The summed E-state index contributed by atoms with van der Waals surface area (Å²) >= 11 is 4.94. The summed E-state index contributed by atoms with van der Waals surface area (Å²) in [6.45, 7) is 6.07. The van der Waals surface area contributed by atoms with Gasteiger partial charge >= 0.3 is 0 Å². The molecule has 1 N–H and O–H groups in total. The van der Waals surface area contributed by atoms with Gasteiger partial charge in [-0.1, -0.05) is 6.08 Å². The SMILES string of the molecule is C=CCc1cc(C=C2C(=O)NC(=S)N(C)C2=O)cc(OCC)c1OC. The Morgan fingerprint density at radius 3 is 2.68 bits per heavy atom. The molecular weight excluding hydrogens is 340 g/mol. The normalized spacial score (nSPS) is 16.0. The number of carbonyl (C=O) groups is 2. The van der Waals surface area contributed by atoms with Crippen LogP contribution in [0.5, 0.6) is 11.5 Å². The van der Waals surface area contributed by atoms with Crippen molar-refractivity contribution in [1.82, 2.24) is 10.2 Å². The lowest BCUT2D eigenvalue weighted by molar-refractivity contribution is -0.128. The summed E-state index contributed by atoms with van der Waals surface area (Å²) in [6.07, 6.45) is 3.82. The number of carbonyl (C=O) groups excluding carboxylic acids is 2. The Morgan fingerprint density at radius 2 is 2.08 bits per heavy atom. The number of rotatable bonds is 6. The van der Waals surface area contributed by atoms with E-state index in [4.69, 9.17) is 21.7 Å². The third kappa shape index (κ3) is 3.88. The van der Waals surface area contributed by atoms with E-state index in [2.05, 4.69) is 11.9 Å². The van der Waals surface area contributed by atoms with Crippen LogP contribution in [0.3, 0.4) is 0 Å². The molecule has 7 heteroatoms. The van der Waals surface area contributed by atoms with E-state index in [9.17, 15) is 9.59 Å². The maximum atomic E-state index is 12.3. The number of benzene rings is 1. The number of ether oxygens (including phenoxy) is 2. The fourth-order valence-electron chi connectivity index (χ4n) is 2.48. The van der Waals surface area contributed by atoms with Gasteiger partial charge in [0.1, 0.15) is 5.57 Å². The van der Waals surface area contributed by atoms with Crippen molar-refractivity contribution in [2.45, 2.75) is 13.3 Å². The standard InChI is InChI=1S/C18H20N2O4S/c1-5-7-12-8-11(10-14(24-6-2)15(12)23-4)9-13-16(21)19-18(25)20(3)17(13)22/h5,8-10H,1,6-7H2,2-4H3,(H,19,21,25). The second kappa shape index (κ2) is 7.94. The first-order valence-electron chi connectivity index (χ1n) is 7.72. The molecule has 2 amide bonds. The molecule has 0 atom stereocenters. The van der Waals surface area contributed by atoms with Gasteiger partial charge < -0.3 is 9.47 Å². The quantitative estimate of drug-likeness (QED) is 0.364. The van der Waals surface area contributed by atoms with E-state index in [1.807, 2.05) is 13.0 Å². The van der Waals surface area contributed by atoms with Crippen LogP contribution >= 0.6 is 12.2 Å². The molecule has 0 spiro atoms. The van der Waals surface area contributed by atoms with Crippen molar-refractivity contribution in [1.29, 1.82) is 0 Å². The van der Waals surface area contributed by atoms with Gasteiger partial charge in [0, 0.05) is 12.6 Å². The minimum Gasteiger partial charge on any atom is -0.493 e. The lowest BCUT2D eigenvalue weighted by atomic mass is 10.0. The smallest absolute Gasteiger partial charge is 0.265 e. The average Bonchev–Trinajstić information content (AvgIpc) is 2.57. The fourth-order valence-corrected chi connectivity index (χ4v) is 2.66. The zero-order valence-corrected chi connectivity index (χ0v) is 15.2. The number of allylic oxidation sites excluding steroid dienone is 1. The van der Waals surface area contributed by atoms with Crippen molar-refractivity contribution in [3.8, 4) is 11.5 Å². The molecule has 6 nitrogen and oxygen atoms in total. The van der Waals surface area contributed by atoms with Crippen LogP contribution in [0.1, 0.15) is 18.1 Å². The van der Waals surface area contributed by atoms with Gasteiger partial charge in [-0.05, 0) is 49.3 Å². The number of nitrogens with zero attached hydrogens (tertiary/aromatic N) is 1. The molecule has 1 heterocycles. The van der Waals surface area contributed by atoms with E-state index < -0.39 is 11.8 Å². The number of thiocarbonyl (C=S) groups is 1. The van der Waals surface area contributed by atoms with Crippen LogP contribution in [0, 0.1) is 0 Å². The Hall–Kier alpha value is -2.67. The summed E-state index contributed by atoms with van der Waals surface area (Å²) in [5.74, 6) is 0.185.